The number of methoxy groups -OCH3 is 1. The molecule has 1 rings (SSSR count). The molecule has 0 saturated heterocycles. The van der Waals surface area contributed by atoms with Gasteiger partial charge in [-0.3, -0.25) is 14.4 Å². The molecule has 0 aliphatic heterocycles. The first-order valence-corrected chi connectivity index (χ1v) is 6.62. The first-order chi connectivity index (χ1) is 8.27. The van der Waals surface area contributed by atoms with Crippen molar-refractivity contribution < 1.29 is 18.1 Å². The van der Waals surface area contributed by atoms with Crippen molar-refractivity contribution in [3.8, 4) is 5.75 Å². The van der Waals surface area contributed by atoms with E-state index in [1.165, 1.54) is 20.2 Å². The normalized spacial score (nSPS) is 11.1. The highest BCUT2D eigenvalue weighted by Crippen LogP contribution is 2.26. The number of nitrogens with zero attached hydrogens (tertiary/aromatic N) is 2. The van der Waals surface area contributed by atoms with E-state index in [1.54, 1.807) is 19.1 Å². The lowest BCUT2D eigenvalue weighted by molar-refractivity contribution is -0.458. The largest absolute Gasteiger partial charge is 0.497 e. The molecule has 0 fully saturated rings. The molecule has 0 atom stereocenters. The summed E-state index contributed by atoms with van der Waals surface area (Å²) in [6.45, 7) is 1.72. The summed E-state index contributed by atoms with van der Waals surface area (Å²) >= 11 is 0. The quantitative estimate of drug-likeness (QED) is 0.590. The molecule has 0 N–H and O–H groups in total. The fourth-order valence-electron chi connectivity index (χ4n) is 1.43. The lowest BCUT2D eigenvalue weighted by atomic mass is 10.2. The number of nitro groups is 1. The molecule has 0 saturated carbocycles. The third kappa shape index (κ3) is 3.10. The van der Waals surface area contributed by atoms with E-state index in [1.807, 2.05) is 0 Å². The molecule has 0 heterocycles. The first kappa shape index (κ1) is 14.2. The van der Waals surface area contributed by atoms with Crippen molar-refractivity contribution in [1.82, 2.24) is 0 Å². The Kier molecular flexibility index (Phi) is 4.12. The van der Waals surface area contributed by atoms with Crippen LogP contribution in [-0.2, 0) is 10.0 Å². The fraction of sp³-hybridized carbons (Fsp3) is 0.400. The van der Waals surface area contributed by atoms with Crippen LogP contribution in [0.25, 0.3) is 0 Å². The second-order valence-electron chi connectivity index (χ2n) is 3.69. The summed E-state index contributed by atoms with van der Waals surface area (Å²) in [5.74, 6) is -0.654. The molecule has 0 spiro atoms. The topological polar surface area (TPSA) is 89.8 Å². The Bertz CT molecular complexity index is 555. The maximum absolute atomic E-state index is 11.7. The minimum atomic E-state index is -3.98. The van der Waals surface area contributed by atoms with Crippen LogP contribution in [-0.4, -0.2) is 33.4 Å². The highest BCUT2D eigenvalue weighted by molar-refractivity contribution is 7.92. The Hall–Kier alpha value is -1.83. The number of rotatable bonds is 5. The van der Waals surface area contributed by atoms with Crippen LogP contribution in [0.5, 0.6) is 5.75 Å². The summed E-state index contributed by atoms with van der Waals surface area (Å²) in [4.78, 5) is 9.46. The zero-order valence-corrected chi connectivity index (χ0v) is 11.1. The maximum Gasteiger partial charge on any atom is 0.320 e. The van der Waals surface area contributed by atoms with E-state index in [9.17, 15) is 18.5 Å². The molecule has 1 aromatic carbocycles. The number of hydrogen-bond acceptors (Lipinski definition) is 5. The first-order valence-electron chi connectivity index (χ1n) is 5.01. The van der Waals surface area contributed by atoms with Crippen molar-refractivity contribution >= 4 is 15.7 Å². The maximum atomic E-state index is 11.7. The lowest BCUT2D eigenvalue weighted by Crippen LogP contribution is -2.32. The van der Waals surface area contributed by atoms with Crippen LogP contribution < -0.4 is 9.04 Å². The Morgan fingerprint density at radius 1 is 1.44 bits per heavy atom. The van der Waals surface area contributed by atoms with Crippen molar-refractivity contribution in [2.75, 3.05) is 24.3 Å². The van der Waals surface area contributed by atoms with Gasteiger partial charge in [0.15, 0.2) is 0 Å². The van der Waals surface area contributed by atoms with Gasteiger partial charge < -0.3 is 4.74 Å². The van der Waals surface area contributed by atoms with Crippen LogP contribution in [0.3, 0.4) is 0 Å². The van der Waals surface area contributed by atoms with Crippen molar-refractivity contribution in [1.29, 1.82) is 0 Å². The molecule has 0 amide bonds. The lowest BCUT2D eigenvalue weighted by Gasteiger charge is -2.19. The smallest absolute Gasteiger partial charge is 0.320 e. The van der Waals surface area contributed by atoms with Gasteiger partial charge in [-0.05, 0) is 18.6 Å². The SMILES string of the molecule is COc1ccc(C)c(N(C)S(=O)(=O)C[N+](=O)[O-])c1. The zero-order chi connectivity index (χ0) is 13.9. The van der Waals surface area contributed by atoms with Crippen molar-refractivity contribution in [2.45, 2.75) is 6.92 Å². The number of benzene rings is 1. The minimum absolute atomic E-state index is 0.358. The molecular formula is C10H14N2O5S. The predicted octanol–water partition coefficient (Wildman–Crippen LogP) is 1.00. The van der Waals surface area contributed by atoms with Gasteiger partial charge in [0.05, 0.1) is 12.8 Å². The number of anilines is 1. The van der Waals surface area contributed by atoms with Gasteiger partial charge in [0, 0.05) is 18.0 Å². The van der Waals surface area contributed by atoms with Gasteiger partial charge in [-0.15, -0.1) is 0 Å². The molecule has 0 aromatic heterocycles. The van der Waals surface area contributed by atoms with Crippen molar-refractivity contribution in [2.24, 2.45) is 0 Å². The molecule has 8 heteroatoms. The van der Waals surface area contributed by atoms with E-state index in [2.05, 4.69) is 0 Å². The molecular weight excluding hydrogens is 260 g/mol. The van der Waals surface area contributed by atoms with Crippen molar-refractivity contribution in [3.05, 3.63) is 33.9 Å². The third-order valence-corrected chi connectivity index (χ3v) is 4.01. The summed E-state index contributed by atoms with van der Waals surface area (Å²) in [5.41, 5.74) is 1.04. The second-order valence-corrected chi connectivity index (χ2v) is 5.66. The number of ether oxygens (including phenoxy) is 1. The monoisotopic (exact) mass is 274 g/mol. The standard InChI is InChI=1S/C10H14N2O5S/c1-8-4-5-9(17-3)6-10(8)11(2)18(15,16)7-12(13)14/h4-6H,7H2,1-3H3. The second kappa shape index (κ2) is 5.21. The molecule has 100 valence electrons. The van der Waals surface area contributed by atoms with Gasteiger partial charge in [0.2, 0.25) is 0 Å². The number of sulfonamides is 1. The summed E-state index contributed by atoms with van der Waals surface area (Å²) in [6, 6.07) is 4.89. The zero-order valence-electron chi connectivity index (χ0n) is 10.3. The summed E-state index contributed by atoms with van der Waals surface area (Å²) in [7, 11) is -1.24. The van der Waals surface area contributed by atoms with Crippen LogP contribution >= 0.6 is 0 Å². The van der Waals surface area contributed by atoms with E-state index in [0.29, 0.717) is 17.0 Å². The summed E-state index contributed by atoms with van der Waals surface area (Å²) in [5, 5.41) is 10.3. The Morgan fingerprint density at radius 3 is 2.56 bits per heavy atom. The van der Waals surface area contributed by atoms with Crippen LogP contribution in [0.1, 0.15) is 5.56 Å². The molecule has 18 heavy (non-hydrogen) atoms. The summed E-state index contributed by atoms with van der Waals surface area (Å²) < 4.78 is 29.4. The predicted molar refractivity (Wildman–Crippen MR) is 66.9 cm³/mol. The molecule has 1 aromatic rings. The third-order valence-electron chi connectivity index (χ3n) is 2.44. The Balaban J connectivity index is 3.17. The van der Waals surface area contributed by atoms with Gasteiger partial charge in [0.25, 0.3) is 0 Å². The molecule has 0 aliphatic rings. The van der Waals surface area contributed by atoms with E-state index < -0.39 is 20.8 Å². The van der Waals surface area contributed by atoms with Gasteiger partial charge in [0.1, 0.15) is 5.75 Å². The van der Waals surface area contributed by atoms with Gasteiger partial charge in [-0.2, -0.15) is 8.42 Å². The fourth-order valence-corrected chi connectivity index (χ4v) is 2.36. The number of aryl methyl sites for hydroxylation is 1. The van der Waals surface area contributed by atoms with E-state index in [0.717, 1.165) is 4.31 Å². The highest BCUT2D eigenvalue weighted by Gasteiger charge is 2.25. The molecule has 0 radical (unpaired) electrons. The van der Waals surface area contributed by atoms with Gasteiger partial charge >= 0.3 is 15.9 Å². The average molecular weight is 274 g/mol. The Morgan fingerprint density at radius 2 is 2.06 bits per heavy atom. The van der Waals surface area contributed by atoms with E-state index in [-0.39, 0.29) is 0 Å². The van der Waals surface area contributed by atoms with Gasteiger partial charge in [-0.25, -0.2) is 0 Å². The minimum Gasteiger partial charge on any atom is -0.497 e. The van der Waals surface area contributed by atoms with Crippen LogP contribution in [0, 0.1) is 17.0 Å². The molecule has 7 nitrogen and oxygen atoms in total. The molecule has 0 unspecified atom stereocenters. The van der Waals surface area contributed by atoms with E-state index in [4.69, 9.17) is 4.74 Å². The number of hydrogen-bond donors (Lipinski definition) is 0. The van der Waals surface area contributed by atoms with Crippen LogP contribution in [0.15, 0.2) is 18.2 Å². The molecule has 0 bridgehead atoms. The van der Waals surface area contributed by atoms with Crippen molar-refractivity contribution in [3.63, 3.8) is 0 Å². The van der Waals surface area contributed by atoms with Gasteiger partial charge in [-0.1, -0.05) is 6.07 Å². The van der Waals surface area contributed by atoms with Crippen LogP contribution in [0.4, 0.5) is 5.69 Å². The Labute approximate surface area is 105 Å². The van der Waals surface area contributed by atoms with Crippen LogP contribution in [0.2, 0.25) is 0 Å². The molecule has 0 aliphatic carbocycles. The highest BCUT2D eigenvalue weighted by atomic mass is 32.2. The summed E-state index contributed by atoms with van der Waals surface area (Å²) in [6.07, 6.45) is 0. The average Bonchev–Trinajstić information content (AvgIpc) is 2.27. The van der Waals surface area contributed by atoms with E-state index >= 15 is 0 Å².